The number of hydrogen-bond acceptors (Lipinski definition) is 0. The van der Waals surface area contributed by atoms with Gasteiger partial charge in [-0.05, 0) is 41.5 Å². The average Bonchev–Trinajstić information content (AvgIpc) is 2.98. The van der Waals surface area contributed by atoms with Crippen LogP contribution in [0.25, 0.3) is 21.8 Å². The van der Waals surface area contributed by atoms with E-state index in [4.69, 9.17) is 0 Å². The van der Waals surface area contributed by atoms with Gasteiger partial charge in [-0.2, -0.15) is 0 Å². The molecule has 1 heteroatoms. The topological polar surface area (TPSA) is 4.93 Å². The van der Waals surface area contributed by atoms with Crippen LogP contribution in [-0.2, 0) is 6.54 Å². The van der Waals surface area contributed by atoms with Crippen LogP contribution < -0.4 is 0 Å². The first-order valence-corrected chi connectivity index (χ1v) is 9.74. The fourth-order valence-electron chi connectivity index (χ4n) is 4.32. The second-order valence-corrected chi connectivity index (χ2v) is 7.62. The molecule has 1 unspecified atom stereocenters. The van der Waals surface area contributed by atoms with Gasteiger partial charge in [0.25, 0.3) is 0 Å². The van der Waals surface area contributed by atoms with Crippen LogP contribution in [0.2, 0.25) is 0 Å². The molecule has 1 atom stereocenters. The van der Waals surface area contributed by atoms with Gasteiger partial charge in [-0.15, -0.1) is 0 Å². The van der Waals surface area contributed by atoms with Crippen LogP contribution in [0.15, 0.2) is 72.8 Å². The smallest absolute Gasteiger partial charge is 0.0494 e. The number of hydrogen-bond donors (Lipinski definition) is 0. The molecule has 0 N–H and O–H groups in total. The maximum absolute atomic E-state index is 2.44. The van der Waals surface area contributed by atoms with Gasteiger partial charge in [0.1, 0.15) is 0 Å². The molecular formula is C25H27N. The van der Waals surface area contributed by atoms with Crippen molar-refractivity contribution in [2.75, 3.05) is 0 Å². The van der Waals surface area contributed by atoms with Crippen molar-refractivity contribution < 1.29 is 0 Å². The first kappa shape index (κ1) is 16.9. The Hall–Kier alpha value is -2.54. The monoisotopic (exact) mass is 341 g/mol. The highest BCUT2D eigenvalue weighted by atomic mass is 15.0. The summed E-state index contributed by atoms with van der Waals surface area (Å²) >= 11 is 0. The quantitative estimate of drug-likeness (QED) is 0.368. The minimum Gasteiger partial charge on any atom is -0.336 e. The number of benzene rings is 3. The molecule has 1 heterocycles. The van der Waals surface area contributed by atoms with Crippen molar-refractivity contribution in [3.05, 3.63) is 83.9 Å². The van der Waals surface area contributed by atoms with Crippen LogP contribution in [0, 0.1) is 5.92 Å². The Morgan fingerprint density at radius 1 is 0.731 bits per heavy atom. The van der Waals surface area contributed by atoms with E-state index in [9.17, 15) is 0 Å². The summed E-state index contributed by atoms with van der Waals surface area (Å²) in [5.41, 5.74) is 5.45. The predicted molar refractivity (Wildman–Crippen MR) is 113 cm³/mol. The number of aromatic nitrogens is 1. The van der Waals surface area contributed by atoms with Gasteiger partial charge in [-0.1, -0.05) is 81.4 Å². The lowest BCUT2D eigenvalue weighted by atomic mass is 9.86. The zero-order valence-corrected chi connectivity index (χ0v) is 15.9. The third-order valence-corrected chi connectivity index (χ3v) is 5.67. The summed E-state index contributed by atoms with van der Waals surface area (Å²) in [7, 11) is 0. The highest BCUT2D eigenvalue weighted by Crippen LogP contribution is 2.31. The standard InChI is InChI=1S/C25H27N/c1-4-21(18(2)3)20-15-13-19(14-16-20)17-26-24-11-7-5-9-22(24)23-10-6-8-12-25(23)26/h5-16,18,21H,4,17H2,1-3H3. The number of rotatable bonds is 5. The number of fused-ring (bicyclic) bond motifs is 3. The molecule has 0 aliphatic heterocycles. The third kappa shape index (κ3) is 2.92. The molecule has 0 saturated heterocycles. The van der Waals surface area contributed by atoms with Gasteiger partial charge in [-0.3, -0.25) is 0 Å². The summed E-state index contributed by atoms with van der Waals surface area (Å²) in [5, 5.41) is 2.68. The summed E-state index contributed by atoms with van der Waals surface area (Å²) in [4.78, 5) is 0. The van der Waals surface area contributed by atoms with Crippen molar-refractivity contribution in [2.45, 2.75) is 39.7 Å². The SMILES string of the molecule is CCC(c1ccc(Cn2c3ccccc3c3ccccc32)cc1)C(C)C. The molecule has 0 saturated carbocycles. The van der Waals surface area contributed by atoms with Gasteiger partial charge < -0.3 is 4.57 Å². The molecule has 132 valence electrons. The molecule has 4 aromatic rings. The Morgan fingerprint density at radius 3 is 1.77 bits per heavy atom. The highest BCUT2D eigenvalue weighted by molar-refractivity contribution is 6.08. The van der Waals surface area contributed by atoms with Crippen LogP contribution in [0.3, 0.4) is 0 Å². The maximum atomic E-state index is 2.44. The van der Waals surface area contributed by atoms with E-state index in [0.29, 0.717) is 11.8 Å². The lowest BCUT2D eigenvalue weighted by Crippen LogP contribution is -2.06. The molecule has 1 nitrogen and oxygen atoms in total. The van der Waals surface area contributed by atoms with E-state index < -0.39 is 0 Å². The lowest BCUT2D eigenvalue weighted by molar-refractivity contribution is 0.485. The van der Waals surface area contributed by atoms with Crippen LogP contribution in [0.5, 0.6) is 0 Å². The first-order valence-electron chi connectivity index (χ1n) is 9.74. The Bertz CT molecular complexity index is 968. The molecule has 1 aromatic heterocycles. The molecule has 0 spiro atoms. The number of para-hydroxylation sites is 2. The third-order valence-electron chi connectivity index (χ3n) is 5.67. The van der Waals surface area contributed by atoms with E-state index >= 15 is 0 Å². The molecule has 4 rings (SSSR count). The van der Waals surface area contributed by atoms with E-state index in [1.54, 1.807) is 0 Å². The molecular weight excluding hydrogens is 314 g/mol. The van der Waals surface area contributed by atoms with Crippen LogP contribution in [-0.4, -0.2) is 4.57 Å². The molecule has 0 amide bonds. The van der Waals surface area contributed by atoms with Crippen molar-refractivity contribution in [3.63, 3.8) is 0 Å². The molecule has 0 aliphatic carbocycles. The van der Waals surface area contributed by atoms with Gasteiger partial charge in [0.2, 0.25) is 0 Å². The second kappa shape index (κ2) is 6.99. The summed E-state index contributed by atoms with van der Waals surface area (Å²) in [5.74, 6) is 1.33. The van der Waals surface area contributed by atoms with Crippen LogP contribution in [0.1, 0.15) is 44.2 Å². The minimum absolute atomic E-state index is 0.650. The van der Waals surface area contributed by atoms with Crippen molar-refractivity contribution >= 4 is 21.8 Å². The molecule has 0 aliphatic rings. The largest absolute Gasteiger partial charge is 0.336 e. The zero-order valence-electron chi connectivity index (χ0n) is 15.9. The van der Waals surface area contributed by atoms with Crippen molar-refractivity contribution in [1.82, 2.24) is 4.57 Å². The summed E-state index contributed by atoms with van der Waals surface area (Å²) in [6.45, 7) is 7.84. The Morgan fingerprint density at radius 2 is 1.27 bits per heavy atom. The van der Waals surface area contributed by atoms with Gasteiger partial charge in [0.15, 0.2) is 0 Å². The zero-order chi connectivity index (χ0) is 18.1. The van der Waals surface area contributed by atoms with E-state index in [2.05, 4.69) is 98.1 Å². The predicted octanol–water partition coefficient (Wildman–Crippen LogP) is 6.99. The Balaban J connectivity index is 1.73. The number of nitrogens with zero attached hydrogens (tertiary/aromatic N) is 1. The molecule has 0 bridgehead atoms. The Kier molecular flexibility index (Phi) is 4.55. The minimum atomic E-state index is 0.650. The van der Waals surface area contributed by atoms with Gasteiger partial charge in [0, 0.05) is 28.4 Å². The van der Waals surface area contributed by atoms with Crippen molar-refractivity contribution in [1.29, 1.82) is 0 Å². The average molecular weight is 341 g/mol. The molecule has 3 aromatic carbocycles. The fourth-order valence-corrected chi connectivity index (χ4v) is 4.32. The van der Waals surface area contributed by atoms with E-state index in [1.165, 1.54) is 39.4 Å². The fraction of sp³-hybridized carbons (Fsp3) is 0.280. The molecule has 0 fully saturated rings. The Labute approximate surface area is 156 Å². The van der Waals surface area contributed by atoms with Crippen LogP contribution >= 0.6 is 0 Å². The van der Waals surface area contributed by atoms with Crippen molar-refractivity contribution in [3.8, 4) is 0 Å². The van der Waals surface area contributed by atoms with E-state index in [-0.39, 0.29) is 0 Å². The summed E-state index contributed by atoms with van der Waals surface area (Å²) in [6, 6.07) is 26.7. The van der Waals surface area contributed by atoms with Gasteiger partial charge >= 0.3 is 0 Å². The first-order chi connectivity index (χ1) is 12.7. The maximum Gasteiger partial charge on any atom is 0.0494 e. The second-order valence-electron chi connectivity index (χ2n) is 7.62. The molecule has 0 radical (unpaired) electrons. The summed E-state index contributed by atoms with van der Waals surface area (Å²) in [6.07, 6.45) is 1.20. The normalized spacial score (nSPS) is 12.9. The van der Waals surface area contributed by atoms with Crippen molar-refractivity contribution in [2.24, 2.45) is 5.92 Å². The lowest BCUT2D eigenvalue weighted by Gasteiger charge is -2.20. The van der Waals surface area contributed by atoms with Gasteiger partial charge in [0.05, 0.1) is 0 Å². The van der Waals surface area contributed by atoms with E-state index in [1.807, 2.05) is 0 Å². The van der Waals surface area contributed by atoms with Gasteiger partial charge in [-0.25, -0.2) is 0 Å². The summed E-state index contributed by atoms with van der Waals surface area (Å²) < 4.78 is 2.44. The van der Waals surface area contributed by atoms with E-state index in [0.717, 1.165) is 6.54 Å². The molecule has 26 heavy (non-hydrogen) atoms. The highest BCUT2D eigenvalue weighted by Gasteiger charge is 2.14. The van der Waals surface area contributed by atoms with Crippen LogP contribution in [0.4, 0.5) is 0 Å².